The van der Waals surface area contributed by atoms with Crippen molar-refractivity contribution in [3.8, 4) is 12.3 Å². The topological polar surface area (TPSA) is 46.2 Å². The summed E-state index contributed by atoms with van der Waals surface area (Å²) in [7, 11) is -3.54. The quantitative estimate of drug-likeness (QED) is 0.849. The lowest BCUT2D eigenvalue weighted by atomic mass is 9.90. The van der Waals surface area contributed by atoms with Gasteiger partial charge in [-0.25, -0.2) is 13.1 Å². The molecule has 22 heavy (non-hydrogen) atoms. The molecular weight excluding hydrogens is 294 g/mol. The van der Waals surface area contributed by atoms with Gasteiger partial charge in [0, 0.05) is 12.5 Å². The lowest BCUT2D eigenvalue weighted by Gasteiger charge is -2.31. The molecule has 0 saturated carbocycles. The fourth-order valence-corrected chi connectivity index (χ4v) is 4.21. The SMILES string of the molecule is C#CCC1(S(=O)(=O)NC(C)C)C=CC(c2ccccc2)=CC1. The molecule has 1 aliphatic rings. The maximum atomic E-state index is 12.7. The van der Waals surface area contributed by atoms with Gasteiger partial charge in [-0.2, -0.15) is 0 Å². The summed E-state index contributed by atoms with van der Waals surface area (Å²) in [5, 5.41) is 0. The minimum atomic E-state index is -3.54. The molecule has 2 rings (SSSR count). The van der Waals surface area contributed by atoms with Crippen molar-refractivity contribution in [3.63, 3.8) is 0 Å². The number of allylic oxidation sites excluding steroid dienone is 3. The van der Waals surface area contributed by atoms with Crippen LogP contribution in [0.5, 0.6) is 0 Å². The fraction of sp³-hybridized carbons (Fsp3) is 0.333. The van der Waals surface area contributed by atoms with Gasteiger partial charge in [0.2, 0.25) is 10.0 Å². The molecule has 0 fully saturated rings. The van der Waals surface area contributed by atoms with Crippen LogP contribution in [0.2, 0.25) is 0 Å². The van der Waals surface area contributed by atoms with E-state index < -0.39 is 14.8 Å². The van der Waals surface area contributed by atoms with Gasteiger partial charge >= 0.3 is 0 Å². The highest BCUT2D eigenvalue weighted by Gasteiger charge is 2.41. The maximum Gasteiger partial charge on any atom is 0.222 e. The molecule has 1 aliphatic carbocycles. The smallest absolute Gasteiger partial charge is 0.212 e. The molecule has 1 unspecified atom stereocenters. The van der Waals surface area contributed by atoms with E-state index in [4.69, 9.17) is 6.42 Å². The van der Waals surface area contributed by atoms with Crippen molar-refractivity contribution in [1.82, 2.24) is 4.72 Å². The van der Waals surface area contributed by atoms with Crippen LogP contribution >= 0.6 is 0 Å². The van der Waals surface area contributed by atoms with Gasteiger partial charge in [-0.05, 0) is 31.4 Å². The van der Waals surface area contributed by atoms with Crippen LogP contribution in [0.3, 0.4) is 0 Å². The minimum Gasteiger partial charge on any atom is -0.212 e. The predicted molar refractivity (Wildman–Crippen MR) is 91.5 cm³/mol. The molecule has 0 amide bonds. The zero-order valence-corrected chi connectivity index (χ0v) is 13.7. The van der Waals surface area contributed by atoms with Gasteiger partial charge in [0.25, 0.3) is 0 Å². The summed E-state index contributed by atoms with van der Waals surface area (Å²) in [6, 6.07) is 9.73. The van der Waals surface area contributed by atoms with Gasteiger partial charge in [-0.15, -0.1) is 12.3 Å². The Bertz CT molecular complexity index is 724. The second kappa shape index (κ2) is 6.51. The van der Waals surface area contributed by atoms with E-state index in [9.17, 15) is 8.42 Å². The van der Waals surface area contributed by atoms with E-state index in [0.29, 0.717) is 6.42 Å². The largest absolute Gasteiger partial charge is 0.222 e. The molecule has 1 atom stereocenters. The second-order valence-electron chi connectivity index (χ2n) is 5.78. The Hall–Kier alpha value is -1.83. The van der Waals surface area contributed by atoms with Gasteiger partial charge in [0.05, 0.1) is 0 Å². The highest BCUT2D eigenvalue weighted by Crippen LogP contribution is 2.34. The average Bonchev–Trinajstić information content (AvgIpc) is 2.48. The minimum absolute atomic E-state index is 0.157. The fourth-order valence-electron chi connectivity index (χ4n) is 2.53. The number of nitrogens with one attached hydrogen (secondary N) is 1. The first-order valence-electron chi connectivity index (χ1n) is 7.30. The monoisotopic (exact) mass is 315 g/mol. The molecule has 3 nitrogen and oxygen atoms in total. The lowest BCUT2D eigenvalue weighted by Crippen LogP contribution is -2.47. The number of terminal acetylenes is 1. The summed E-state index contributed by atoms with van der Waals surface area (Å²) in [6.07, 6.45) is 11.5. The molecule has 0 spiro atoms. The Kier molecular flexibility index (Phi) is 4.90. The third-order valence-corrected chi connectivity index (χ3v) is 5.97. The summed E-state index contributed by atoms with van der Waals surface area (Å²) in [6.45, 7) is 3.61. The zero-order valence-electron chi connectivity index (χ0n) is 12.9. The predicted octanol–water partition coefficient (Wildman–Crippen LogP) is 3.12. The normalized spacial score (nSPS) is 21.5. The summed E-state index contributed by atoms with van der Waals surface area (Å²) >= 11 is 0. The van der Waals surface area contributed by atoms with E-state index in [1.54, 1.807) is 19.9 Å². The molecule has 1 N–H and O–H groups in total. The first-order chi connectivity index (χ1) is 10.4. The van der Waals surface area contributed by atoms with Crippen LogP contribution in [0.1, 0.15) is 32.3 Å². The van der Waals surface area contributed by atoms with Crippen LogP contribution in [0.15, 0.2) is 48.6 Å². The molecule has 1 aromatic rings. The summed E-state index contributed by atoms with van der Waals surface area (Å²) in [4.78, 5) is 0. The standard InChI is InChI=1S/C18H21NO2S/c1-4-12-18(22(20,21)19-15(2)3)13-10-17(11-14-18)16-8-6-5-7-9-16/h1,5-11,13,15,19H,12,14H2,2-3H3. The average molecular weight is 315 g/mol. The van der Waals surface area contributed by atoms with Gasteiger partial charge in [0.1, 0.15) is 4.75 Å². The first kappa shape index (κ1) is 16.5. The first-order valence-corrected chi connectivity index (χ1v) is 8.79. The van der Waals surface area contributed by atoms with Crippen molar-refractivity contribution in [3.05, 3.63) is 54.1 Å². The van der Waals surface area contributed by atoms with Crippen LogP contribution in [-0.2, 0) is 10.0 Å². The van der Waals surface area contributed by atoms with E-state index in [1.807, 2.05) is 42.5 Å². The summed E-state index contributed by atoms with van der Waals surface area (Å²) in [5.41, 5.74) is 2.09. The van der Waals surface area contributed by atoms with Gasteiger partial charge in [0.15, 0.2) is 0 Å². The van der Waals surface area contributed by atoms with Crippen molar-refractivity contribution in [2.24, 2.45) is 0 Å². The van der Waals surface area contributed by atoms with E-state index >= 15 is 0 Å². The van der Waals surface area contributed by atoms with Gasteiger partial charge in [-0.3, -0.25) is 0 Å². The van der Waals surface area contributed by atoms with Crippen LogP contribution in [0.4, 0.5) is 0 Å². The van der Waals surface area contributed by atoms with Crippen LogP contribution in [0, 0.1) is 12.3 Å². The molecule has 0 radical (unpaired) electrons. The number of benzene rings is 1. The molecule has 4 heteroatoms. The number of hydrogen-bond acceptors (Lipinski definition) is 2. The van der Waals surface area contributed by atoms with Gasteiger partial charge < -0.3 is 0 Å². The zero-order chi connectivity index (χ0) is 16.2. The van der Waals surface area contributed by atoms with Crippen molar-refractivity contribution < 1.29 is 8.42 Å². The van der Waals surface area contributed by atoms with Crippen LogP contribution < -0.4 is 4.72 Å². The van der Waals surface area contributed by atoms with Crippen LogP contribution in [0.25, 0.3) is 5.57 Å². The highest BCUT2D eigenvalue weighted by molar-refractivity contribution is 7.91. The third-order valence-electron chi connectivity index (χ3n) is 3.67. The van der Waals surface area contributed by atoms with Gasteiger partial charge in [-0.1, -0.05) is 48.6 Å². The molecule has 0 heterocycles. The van der Waals surface area contributed by atoms with Crippen molar-refractivity contribution in [2.45, 2.75) is 37.5 Å². The maximum absolute atomic E-state index is 12.7. The molecular formula is C18H21NO2S. The summed E-state index contributed by atoms with van der Waals surface area (Å²) in [5.74, 6) is 2.51. The highest BCUT2D eigenvalue weighted by atomic mass is 32.2. The Morgan fingerprint density at radius 1 is 1.32 bits per heavy atom. The van der Waals surface area contributed by atoms with E-state index in [1.165, 1.54) is 0 Å². The number of rotatable bonds is 5. The number of hydrogen-bond donors (Lipinski definition) is 1. The Labute approximate surface area is 133 Å². The second-order valence-corrected chi connectivity index (χ2v) is 7.84. The molecule has 116 valence electrons. The lowest BCUT2D eigenvalue weighted by molar-refractivity contribution is 0.528. The van der Waals surface area contributed by atoms with Crippen LogP contribution in [-0.4, -0.2) is 19.2 Å². The van der Waals surface area contributed by atoms with Crippen molar-refractivity contribution in [2.75, 3.05) is 0 Å². The molecule has 1 aromatic carbocycles. The summed E-state index contributed by atoms with van der Waals surface area (Å²) < 4.78 is 26.9. The Morgan fingerprint density at radius 3 is 2.50 bits per heavy atom. The van der Waals surface area contributed by atoms with E-state index in [-0.39, 0.29) is 12.5 Å². The van der Waals surface area contributed by atoms with Crippen molar-refractivity contribution in [1.29, 1.82) is 0 Å². The third kappa shape index (κ3) is 3.32. The molecule has 0 aliphatic heterocycles. The van der Waals surface area contributed by atoms with E-state index in [0.717, 1.165) is 11.1 Å². The Balaban J connectivity index is 2.33. The van der Waals surface area contributed by atoms with Crippen molar-refractivity contribution >= 4 is 15.6 Å². The molecule has 0 aromatic heterocycles. The Morgan fingerprint density at radius 2 is 2.00 bits per heavy atom. The molecule has 0 saturated heterocycles. The molecule has 0 bridgehead atoms. The van der Waals surface area contributed by atoms with E-state index in [2.05, 4.69) is 10.6 Å². The number of sulfonamides is 1.